The van der Waals surface area contributed by atoms with Crippen LogP contribution >= 0.6 is 0 Å². The molecule has 5 aliphatic rings. The smallest absolute Gasteiger partial charge is 0.264 e. The molecule has 13 aromatic carbocycles. The van der Waals surface area contributed by atoms with E-state index in [1.807, 2.05) is 140 Å². The Hall–Kier alpha value is -14.1. The average molecular weight is 1330 g/mol. The summed E-state index contributed by atoms with van der Waals surface area (Å²) in [6.45, 7) is 4.57. The van der Waals surface area contributed by atoms with E-state index in [1.165, 1.54) is 22.5 Å². The maximum Gasteiger partial charge on any atom is 0.264 e. The molecule has 5 aliphatic heterocycles. The zero-order chi connectivity index (χ0) is 68.5. The van der Waals surface area contributed by atoms with Gasteiger partial charge in [0, 0.05) is 44.9 Å². The molecule has 486 valence electrons. The number of carbonyl (C=O) groups excluding carboxylic acids is 3. The van der Waals surface area contributed by atoms with E-state index < -0.39 is 0 Å². The zero-order valence-electron chi connectivity index (χ0n) is 55.5. The van der Waals surface area contributed by atoms with E-state index in [0.29, 0.717) is 28.3 Å². The van der Waals surface area contributed by atoms with Crippen LogP contribution in [0, 0.1) is 0 Å². The van der Waals surface area contributed by atoms with Crippen LogP contribution < -0.4 is 14.7 Å². The average Bonchev–Trinajstić information content (AvgIpc) is 1.61. The zero-order valence-corrected chi connectivity index (χ0v) is 55.5. The molecule has 10 heterocycles. The number of nitrogens with zero attached hydrogens (tertiary/aromatic N) is 12. The van der Waals surface area contributed by atoms with Gasteiger partial charge in [-0.1, -0.05) is 153 Å². The molecule has 5 aromatic heterocycles. The summed E-state index contributed by atoms with van der Waals surface area (Å²) >= 11 is 0. The molecule has 0 N–H and O–H groups in total. The van der Waals surface area contributed by atoms with Crippen molar-refractivity contribution in [1.82, 2.24) is 42.6 Å². The van der Waals surface area contributed by atoms with Crippen molar-refractivity contribution >= 4 is 130 Å². The van der Waals surface area contributed by atoms with Gasteiger partial charge in [-0.05, 0) is 175 Å². The maximum absolute atomic E-state index is 13.3. The van der Waals surface area contributed by atoms with Gasteiger partial charge in [0.15, 0.2) is 0 Å². The van der Waals surface area contributed by atoms with Crippen LogP contribution in [0.3, 0.4) is 0 Å². The molecule has 103 heavy (non-hydrogen) atoms. The largest absolute Gasteiger partial charge is 0.310 e. The third kappa shape index (κ3) is 8.29. The number of rotatable bonds is 4. The van der Waals surface area contributed by atoms with Crippen molar-refractivity contribution in [2.45, 2.75) is 19.3 Å². The second kappa shape index (κ2) is 21.7. The second-order valence-electron chi connectivity index (χ2n) is 26.9. The summed E-state index contributed by atoms with van der Waals surface area (Å²) in [6, 6.07) is 103. The Morgan fingerprint density at radius 1 is 0.252 bits per heavy atom. The van der Waals surface area contributed by atoms with Crippen molar-refractivity contribution in [3.8, 4) is 39.9 Å². The van der Waals surface area contributed by atoms with E-state index in [0.717, 1.165) is 129 Å². The fraction of sp³-hybridized carbons (Fsp3) is 0.0341. The minimum absolute atomic E-state index is 0.0131. The lowest BCUT2D eigenvalue weighted by Gasteiger charge is -2.42. The highest BCUT2D eigenvalue weighted by atomic mass is 16.2. The first-order chi connectivity index (χ1) is 50.6. The van der Waals surface area contributed by atoms with E-state index in [4.69, 9.17) is 19.9 Å². The molecular weight excluding hydrogens is 1270 g/mol. The number of hydrogen-bond acceptors (Lipinski definition) is 10. The number of benzene rings is 13. The Morgan fingerprint density at radius 2 is 0.573 bits per heavy atom. The molecule has 15 heteroatoms. The SMILES string of the molecule is CC1(C)c2ccccc2N(c2ccc3c(c2)-c2nc4ccccc4n2C3=O)c2ccccc21.O=C1c2ccc(-n3c4ccccc4n4c5ccccc5nc34)cc2-c2nc3ccccc3n21.O=C1c2ccc(N3c4ccccc4N(c4ccccc4)c4ccccc43)cc2-c2nc3ccccc3n21. The molecule has 0 radical (unpaired) electrons. The van der Waals surface area contributed by atoms with Crippen LogP contribution in [0.2, 0.25) is 0 Å². The van der Waals surface area contributed by atoms with Gasteiger partial charge < -0.3 is 14.7 Å². The molecule has 18 aromatic rings. The number of fused-ring (bicyclic) bond motifs is 24. The lowest BCUT2D eigenvalue weighted by molar-refractivity contribution is 0.0965. The molecule has 0 bridgehead atoms. The van der Waals surface area contributed by atoms with Gasteiger partial charge in [-0.15, -0.1) is 0 Å². The van der Waals surface area contributed by atoms with E-state index in [2.05, 4.69) is 201 Å². The Morgan fingerprint density at radius 3 is 1.02 bits per heavy atom. The number of para-hydroxylation sites is 17. The maximum atomic E-state index is 13.3. The van der Waals surface area contributed by atoms with E-state index in [-0.39, 0.29) is 23.1 Å². The van der Waals surface area contributed by atoms with E-state index >= 15 is 0 Å². The summed E-state index contributed by atoms with van der Waals surface area (Å²) in [6.07, 6.45) is 0. The van der Waals surface area contributed by atoms with Crippen molar-refractivity contribution in [2.24, 2.45) is 0 Å². The van der Waals surface area contributed by atoms with Crippen LogP contribution in [0.4, 0.5) is 51.2 Å². The highest BCUT2D eigenvalue weighted by Crippen LogP contribution is 2.56. The molecule has 15 nitrogen and oxygen atoms in total. The minimum atomic E-state index is -0.107. The summed E-state index contributed by atoms with van der Waals surface area (Å²) in [4.78, 5) is 66.1. The fourth-order valence-corrected chi connectivity index (χ4v) is 16.4. The van der Waals surface area contributed by atoms with Gasteiger partial charge in [-0.3, -0.25) is 37.1 Å². The molecule has 0 amide bonds. The van der Waals surface area contributed by atoms with Gasteiger partial charge >= 0.3 is 0 Å². The van der Waals surface area contributed by atoms with Crippen LogP contribution in [-0.2, 0) is 5.41 Å². The summed E-state index contributed by atoms with van der Waals surface area (Å²) in [7, 11) is 0. The molecule has 0 spiro atoms. The Kier molecular flexibility index (Phi) is 12.2. The van der Waals surface area contributed by atoms with Gasteiger partial charge in [0.05, 0.1) is 106 Å². The molecular formula is C88H56N12O3. The molecule has 0 fully saturated rings. The topological polar surface area (TPSA) is 137 Å². The molecule has 0 aliphatic carbocycles. The van der Waals surface area contributed by atoms with E-state index in [1.54, 1.807) is 13.7 Å². The lowest BCUT2D eigenvalue weighted by Crippen LogP contribution is -2.30. The van der Waals surface area contributed by atoms with Crippen molar-refractivity contribution in [1.29, 1.82) is 0 Å². The van der Waals surface area contributed by atoms with E-state index in [9.17, 15) is 14.4 Å². The van der Waals surface area contributed by atoms with Crippen molar-refractivity contribution < 1.29 is 14.4 Å². The number of anilines is 9. The van der Waals surface area contributed by atoms with Gasteiger partial charge in [0.25, 0.3) is 17.7 Å². The number of hydrogen-bond donors (Lipinski definition) is 0. The van der Waals surface area contributed by atoms with Crippen LogP contribution in [0.5, 0.6) is 0 Å². The monoisotopic (exact) mass is 1330 g/mol. The Labute approximate surface area is 588 Å². The van der Waals surface area contributed by atoms with Crippen LogP contribution in [0.1, 0.15) is 56.0 Å². The lowest BCUT2D eigenvalue weighted by atomic mass is 9.73. The highest BCUT2D eigenvalue weighted by molar-refractivity contribution is 6.16. The van der Waals surface area contributed by atoms with Crippen molar-refractivity contribution in [3.05, 3.63) is 331 Å². The molecule has 0 atom stereocenters. The minimum Gasteiger partial charge on any atom is -0.310 e. The quantitative estimate of drug-likeness (QED) is 0.167. The third-order valence-corrected chi connectivity index (χ3v) is 21.0. The Bertz CT molecular complexity index is 6630. The number of imidazole rings is 5. The molecule has 0 saturated heterocycles. The normalized spacial score (nSPS) is 13.8. The number of aromatic nitrogens is 9. The summed E-state index contributed by atoms with van der Waals surface area (Å²) < 4.78 is 9.55. The molecule has 0 saturated carbocycles. The Balaban J connectivity index is 0.000000100. The molecule has 23 rings (SSSR count). The van der Waals surface area contributed by atoms with Gasteiger partial charge in [-0.25, -0.2) is 19.9 Å². The summed E-state index contributed by atoms with van der Waals surface area (Å²) in [5.41, 5.74) is 27.0. The van der Waals surface area contributed by atoms with Crippen LogP contribution in [-0.4, -0.2) is 60.3 Å². The predicted octanol–water partition coefficient (Wildman–Crippen LogP) is 20.2. The molecule has 0 unspecified atom stereocenters. The van der Waals surface area contributed by atoms with Gasteiger partial charge in [0.2, 0.25) is 5.78 Å². The van der Waals surface area contributed by atoms with Gasteiger partial charge in [0.1, 0.15) is 17.5 Å². The second-order valence-corrected chi connectivity index (χ2v) is 26.9. The van der Waals surface area contributed by atoms with Gasteiger partial charge in [-0.2, -0.15) is 0 Å². The number of carbonyl (C=O) groups is 3. The first kappa shape index (κ1) is 58.0. The first-order valence-electron chi connectivity index (χ1n) is 34.3. The van der Waals surface area contributed by atoms with Crippen LogP contribution in [0.15, 0.2) is 303 Å². The fourth-order valence-electron chi connectivity index (χ4n) is 16.4. The van der Waals surface area contributed by atoms with Crippen LogP contribution in [0.25, 0.3) is 101 Å². The summed E-state index contributed by atoms with van der Waals surface area (Å²) in [5, 5.41) is 0. The standard InChI is InChI=1S/C32H20N4O.C29H21N3O.C27H15N5O/c37-32-23-19-18-22(20-24(23)31-33-25-12-4-5-13-26(25)36(31)32)35-29-16-8-6-14-27(29)34(21-10-2-1-3-11-21)28-15-7-9-17-30(28)35;1-29(2)21-9-3-6-12-24(21)31(25-13-7-4-10-22(25)29)18-15-16-19-20(17-18)27-30-23-11-5-8-14-26(23)32(27)28(19)33;33-26-17-14-13-16(15-18(17)25-28-19-7-1-4-10-22(19)32(25)26)30-23-11-5-6-12-24(23)31-21-9-3-2-8-20(21)29-27(30)31/h1-20H;3-17H,1-2H3;1-15H. The van der Waals surface area contributed by atoms with Crippen molar-refractivity contribution in [3.63, 3.8) is 0 Å². The predicted molar refractivity (Wildman–Crippen MR) is 408 cm³/mol. The summed E-state index contributed by atoms with van der Waals surface area (Å²) in [5.74, 6) is 2.88. The van der Waals surface area contributed by atoms with Crippen molar-refractivity contribution in [2.75, 3.05) is 14.7 Å². The highest BCUT2D eigenvalue weighted by Gasteiger charge is 2.40. The third-order valence-electron chi connectivity index (χ3n) is 21.0. The first-order valence-corrected chi connectivity index (χ1v) is 34.3.